The number of hydrogen-bond donors (Lipinski definition) is 4. The van der Waals surface area contributed by atoms with Gasteiger partial charge < -0.3 is 30.7 Å². The van der Waals surface area contributed by atoms with Gasteiger partial charge in [0.2, 0.25) is 5.91 Å². The van der Waals surface area contributed by atoms with E-state index in [0.717, 1.165) is 5.56 Å². The molecule has 4 aromatic rings. The molecule has 0 bridgehead atoms. The number of thiocarbonyl (C=S) groups is 1. The van der Waals surface area contributed by atoms with Crippen molar-refractivity contribution in [2.45, 2.75) is 39.7 Å². The predicted octanol–water partition coefficient (Wildman–Crippen LogP) is 6.43. The Morgan fingerprint density at radius 3 is 2.57 bits per heavy atom. The van der Waals surface area contributed by atoms with Gasteiger partial charge in [-0.15, -0.1) is 11.3 Å². The number of nitrogens with one attached hydrogen (secondary N) is 3. The van der Waals surface area contributed by atoms with Crippen molar-refractivity contribution in [1.29, 1.82) is 0 Å². The molecular formula is C33H34FN5O5S2. The van der Waals surface area contributed by atoms with Crippen molar-refractivity contribution in [3.63, 3.8) is 0 Å². The van der Waals surface area contributed by atoms with Crippen LogP contribution in [0.5, 0.6) is 11.5 Å². The number of carbonyl (C=O) groups is 3. The number of amides is 3. The fourth-order valence-electron chi connectivity index (χ4n) is 5.77. The number of anilines is 1. The number of thiophene rings is 1. The summed E-state index contributed by atoms with van der Waals surface area (Å²) in [6.45, 7) is 6.77. The van der Waals surface area contributed by atoms with Crippen molar-refractivity contribution in [3.05, 3.63) is 83.1 Å². The van der Waals surface area contributed by atoms with Crippen LogP contribution in [-0.2, 0) is 11.2 Å². The molecule has 2 atom stereocenters. The molecule has 3 amide bonds. The first kappa shape index (κ1) is 32.8. The zero-order valence-corrected chi connectivity index (χ0v) is 27.1. The number of hydrogen-bond acceptors (Lipinski definition) is 7. The predicted molar refractivity (Wildman–Crippen MR) is 179 cm³/mol. The minimum absolute atomic E-state index is 0.0215. The van der Waals surface area contributed by atoms with Gasteiger partial charge in [0.05, 0.1) is 21.5 Å². The quantitative estimate of drug-likeness (QED) is 0.159. The summed E-state index contributed by atoms with van der Waals surface area (Å²) >= 11 is 6.39. The van der Waals surface area contributed by atoms with E-state index in [1.165, 1.54) is 34.6 Å². The molecule has 5 rings (SSSR count). The molecule has 0 saturated carbocycles. The first-order valence-electron chi connectivity index (χ1n) is 14.7. The largest absolute Gasteiger partial charge is 0.465 e. The average Bonchev–Trinajstić information content (AvgIpc) is 3.63. The van der Waals surface area contributed by atoms with Crippen molar-refractivity contribution in [1.82, 2.24) is 20.5 Å². The molecule has 0 spiro atoms. The minimum atomic E-state index is -0.953. The Hall–Kier alpha value is -4.62. The summed E-state index contributed by atoms with van der Waals surface area (Å²) in [4.78, 5) is 43.4. The first-order valence-corrected chi connectivity index (χ1v) is 15.9. The van der Waals surface area contributed by atoms with Crippen LogP contribution in [-0.4, -0.2) is 57.1 Å². The van der Waals surface area contributed by atoms with Crippen LogP contribution in [0.25, 0.3) is 10.2 Å². The van der Waals surface area contributed by atoms with Gasteiger partial charge in [-0.05, 0) is 53.7 Å². The highest BCUT2D eigenvalue weighted by atomic mass is 32.1. The van der Waals surface area contributed by atoms with E-state index in [-0.39, 0.29) is 46.5 Å². The van der Waals surface area contributed by atoms with E-state index in [2.05, 4.69) is 20.9 Å². The maximum absolute atomic E-state index is 15.1. The lowest BCUT2D eigenvalue weighted by atomic mass is 9.79. The smallest absolute Gasteiger partial charge is 0.407 e. The second-order valence-electron chi connectivity index (χ2n) is 12.1. The number of benzene rings is 2. The molecular weight excluding hydrogens is 630 g/mol. The molecule has 1 aliphatic heterocycles. The van der Waals surface area contributed by atoms with Gasteiger partial charge in [-0.2, -0.15) is 0 Å². The van der Waals surface area contributed by atoms with Crippen LogP contribution in [0.2, 0.25) is 0 Å². The number of carboxylic acid groups (broad SMARTS) is 1. The van der Waals surface area contributed by atoms with Crippen LogP contribution < -0.4 is 20.7 Å². The molecule has 2 aromatic heterocycles. The molecule has 2 unspecified atom stereocenters. The molecule has 4 N–H and O–H groups in total. The summed E-state index contributed by atoms with van der Waals surface area (Å²) in [5, 5.41) is 18.0. The summed E-state index contributed by atoms with van der Waals surface area (Å²) < 4.78 is 21.6. The van der Waals surface area contributed by atoms with E-state index in [0.29, 0.717) is 46.0 Å². The minimum Gasteiger partial charge on any atom is -0.465 e. The Morgan fingerprint density at radius 1 is 1.11 bits per heavy atom. The van der Waals surface area contributed by atoms with E-state index in [4.69, 9.17) is 17.0 Å². The fourth-order valence-corrected chi connectivity index (χ4v) is 6.99. The van der Waals surface area contributed by atoms with E-state index in [1.807, 2.05) is 51.1 Å². The molecule has 2 aromatic carbocycles. The highest BCUT2D eigenvalue weighted by Crippen LogP contribution is 2.38. The second kappa shape index (κ2) is 13.8. The van der Waals surface area contributed by atoms with Crippen LogP contribution in [0, 0.1) is 17.2 Å². The number of aromatic nitrogens is 1. The van der Waals surface area contributed by atoms with Gasteiger partial charge in [0.15, 0.2) is 16.7 Å². The molecule has 1 fully saturated rings. The van der Waals surface area contributed by atoms with Crippen molar-refractivity contribution in [2.24, 2.45) is 11.3 Å². The molecule has 0 aliphatic carbocycles. The van der Waals surface area contributed by atoms with Crippen LogP contribution in [0.15, 0.2) is 66.9 Å². The maximum Gasteiger partial charge on any atom is 0.407 e. The number of fused-ring (bicyclic) bond motifs is 1. The van der Waals surface area contributed by atoms with Gasteiger partial charge >= 0.3 is 6.09 Å². The topological polar surface area (TPSA) is 133 Å². The Morgan fingerprint density at radius 2 is 1.87 bits per heavy atom. The number of halogens is 1. The van der Waals surface area contributed by atoms with E-state index in [1.54, 1.807) is 18.2 Å². The monoisotopic (exact) mass is 663 g/mol. The van der Waals surface area contributed by atoms with Gasteiger partial charge in [-0.1, -0.05) is 51.1 Å². The number of nitrogens with zero attached hydrogens (tertiary/aromatic N) is 2. The number of pyridine rings is 1. The summed E-state index contributed by atoms with van der Waals surface area (Å²) in [5.74, 6) is -1.00. The Bertz CT molecular complexity index is 1780. The zero-order valence-electron chi connectivity index (χ0n) is 25.5. The van der Waals surface area contributed by atoms with E-state index >= 15 is 4.39 Å². The van der Waals surface area contributed by atoms with Crippen molar-refractivity contribution in [2.75, 3.05) is 18.4 Å². The van der Waals surface area contributed by atoms with Crippen molar-refractivity contribution < 1.29 is 28.6 Å². The fraction of sp³-hybridized carbons (Fsp3) is 0.303. The third kappa shape index (κ3) is 7.77. The lowest BCUT2D eigenvalue weighted by Crippen LogP contribution is -2.47. The Labute approximate surface area is 275 Å². The molecule has 10 nitrogen and oxygen atoms in total. The molecule has 240 valence electrons. The third-order valence-corrected chi connectivity index (χ3v) is 8.99. The Kier molecular flexibility index (Phi) is 9.82. The second-order valence-corrected chi connectivity index (χ2v) is 13.6. The van der Waals surface area contributed by atoms with E-state index in [9.17, 15) is 19.5 Å². The number of ether oxygens (including phenoxy) is 1. The molecule has 1 aliphatic rings. The SMILES string of the molecule is CC(C)(C)C1C(CNC(=O)c2cc3nccc(Oc4ccc(NC(=S)NC(=O)Cc5ccccc5)cc4F)c3s2)CCN1C(=O)O. The average molecular weight is 664 g/mol. The van der Waals surface area contributed by atoms with Crippen LogP contribution in [0.1, 0.15) is 42.4 Å². The molecule has 3 heterocycles. The van der Waals surface area contributed by atoms with Crippen LogP contribution >= 0.6 is 23.6 Å². The highest BCUT2D eigenvalue weighted by molar-refractivity contribution is 7.80. The van der Waals surface area contributed by atoms with Gasteiger partial charge in [0.25, 0.3) is 5.91 Å². The third-order valence-electron chi connectivity index (χ3n) is 7.65. The summed E-state index contributed by atoms with van der Waals surface area (Å²) in [5.41, 5.74) is 1.40. The summed E-state index contributed by atoms with van der Waals surface area (Å²) in [7, 11) is 0. The van der Waals surface area contributed by atoms with Crippen LogP contribution in [0.3, 0.4) is 0 Å². The van der Waals surface area contributed by atoms with Crippen molar-refractivity contribution in [3.8, 4) is 11.5 Å². The van der Waals surface area contributed by atoms with Crippen LogP contribution in [0.4, 0.5) is 14.9 Å². The molecule has 46 heavy (non-hydrogen) atoms. The summed E-state index contributed by atoms with van der Waals surface area (Å²) in [6, 6.07) is 16.5. The number of carbonyl (C=O) groups excluding carboxylic acids is 2. The lowest BCUT2D eigenvalue weighted by Gasteiger charge is -2.37. The van der Waals surface area contributed by atoms with Gasteiger partial charge in [-0.3, -0.25) is 14.6 Å². The number of rotatable bonds is 8. The maximum atomic E-state index is 15.1. The lowest BCUT2D eigenvalue weighted by molar-refractivity contribution is -0.119. The van der Waals surface area contributed by atoms with Gasteiger partial charge in [0.1, 0.15) is 5.75 Å². The first-order chi connectivity index (χ1) is 21.9. The normalized spacial score (nSPS) is 16.2. The highest BCUT2D eigenvalue weighted by Gasteiger charge is 2.43. The van der Waals surface area contributed by atoms with Gasteiger partial charge in [0, 0.05) is 43.1 Å². The Balaban J connectivity index is 1.21. The van der Waals surface area contributed by atoms with Gasteiger partial charge in [-0.25, -0.2) is 9.18 Å². The molecule has 1 saturated heterocycles. The number of likely N-dealkylation sites (tertiary alicyclic amines) is 1. The van der Waals surface area contributed by atoms with Crippen molar-refractivity contribution >= 4 is 62.5 Å². The zero-order chi connectivity index (χ0) is 33.0. The molecule has 13 heteroatoms. The van der Waals surface area contributed by atoms with E-state index < -0.39 is 11.9 Å². The summed E-state index contributed by atoms with van der Waals surface area (Å²) in [6.07, 6.45) is 1.38. The molecule has 0 radical (unpaired) electrons. The standard InChI is InChI=1S/C33H34FN5O5S2/c1-33(2,3)29-20(12-14-39(29)32(42)43)18-36-30(41)26-17-23-28(46-26)25(11-13-35-23)44-24-10-9-21(16-22(24)34)37-31(45)38-27(40)15-19-7-5-4-6-8-19/h4-11,13,16-17,20,29H,12,14-15,18H2,1-3H3,(H,36,41)(H,42,43)(H2,37,38,40,45).